The van der Waals surface area contributed by atoms with Gasteiger partial charge in [0, 0.05) is 13.7 Å². The minimum absolute atomic E-state index is 0. The first kappa shape index (κ1) is 24.4. The van der Waals surface area contributed by atoms with Gasteiger partial charge in [-0.3, -0.25) is 4.57 Å². The molecule has 0 amide bonds. The fourth-order valence-corrected chi connectivity index (χ4v) is 3.60. The average molecular weight is 331 g/mol. The minimum atomic E-state index is -2.87. The van der Waals surface area contributed by atoms with Crippen LogP contribution >= 0.6 is 7.60 Å². The molecule has 0 aliphatic heterocycles. The Hall–Kier alpha value is 1.11. The second kappa shape index (κ2) is 17.5. The van der Waals surface area contributed by atoms with Crippen LogP contribution in [0.25, 0.3) is 0 Å². The van der Waals surface area contributed by atoms with E-state index >= 15 is 0 Å². The van der Waals surface area contributed by atoms with Gasteiger partial charge in [0.1, 0.15) is 0 Å². The van der Waals surface area contributed by atoms with E-state index in [-0.39, 0.29) is 31.0 Å². The average Bonchev–Trinajstić information content (AvgIpc) is 2.47. The van der Waals surface area contributed by atoms with E-state index in [0.717, 1.165) is 12.8 Å². The van der Waals surface area contributed by atoms with Crippen molar-refractivity contribution in [2.24, 2.45) is 5.73 Å². The summed E-state index contributed by atoms with van der Waals surface area (Å²) in [5.41, 5.74) is 5.34. The number of nitrogens with two attached hydrogens (primary N) is 1. The summed E-state index contributed by atoms with van der Waals surface area (Å²) in [6.07, 6.45) is 13.2. The van der Waals surface area contributed by atoms with E-state index in [1.54, 1.807) is 0 Å². The van der Waals surface area contributed by atoms with Crippen LogP contribution in [-0.4, -0.2) is 26.4 Å². The van der Waals surface area contributed by atoms with Crippen LogP contribution in [0.1, 0.15) is 72.6 Å². The zero-order valence-electron chi connectivity index (χ0n) is 15.4. The van der Waals surface area contributed by atoms with Gasteiger partial charge in [-0.1, -0.05) is 64.7 Å². The Labute approximate surface area is 155 Å². The van der Waals surface area contributed by atoms with Gasteiger partial charge in [0.05, 0.1) is 12.8 Å². The molecule has 0 aliphatic rings. The van der Waals surface area contributed by atoms with Crippen LogP contribution < -0.4 is 35.3 Å². The second-order valence-electron chi connectivity index (χ2n) is 5.32. The molecule has 124 valence electrons. The van der Waals surface area contributed by atoms with Gasteiger partial charge >= 0.3 is 37.2 Å². The number of hydrogen-bond acceptors (Lipinski definition) is 4. The van der Waals surface area contributed by atoms with Gasteiger partial charge in [0.2, 0.25) is 0 Å². The molecule has 0 spiro atoms. The molecular weight excluding hydrogens is 296 g/mol. The van der Waals surface area contributed by atoms with Gasteiger partial charge in [-0.05, 0) is 6.42 Å². The monoisotopic (exact) mass is 331 g/mol. The van der Waals surface area contributed by atoms with Crippen molar-refractivity contribution < 1.29 is 44.6 Å². The SMILES string of the molecule is CCCCCCCCCCCCP(=O)(OC)OCCN.[H-].[Na+]. The third kappa shape index (κ3) is 15.8. The first-order chi connectivity index (χ1) is 9.68. The topological polar surface area (TPSA) is 61.5 Å². The van der Waals surface area contributed by atoms with Gasteiger partial charge in [0.15, 0.2) is 0 Å². The van der Waals surface area contributed by atoms with Crippen molar-refractivity contribution in [3.05, 3.63) is 0 Å². The summed E-state index contributed by atoms with van der Waals surface area (Å²) in [5.74, 6) is 0. The summed E-state index contributed by atoms with van der Waals surface area (Å²) in [7, 11) is -1.42. The molecule has 0 radical (unpaired) electrons. The van der Waals surface area contributed by atoms with Crippen LogP contribution in [0.15, 0.2) is 0 Å². The Morgan fingerprint density at radius 2 is 1.43 bits per heavy atom. The zero-order chi connectivity index (χ0) is 15.1. The van der Waals surface area contributed by atoms with Gasteiger partial charge in [-0.2, -0.15) is 0 Å². The quantitative estimate of drug-likeness (QED) is 0.283. The number of rotatable bonds is 15. The first-order valence-electron chi connectivity index (χ1n) is 8.18. The smallest absolute Gasteiger partial charge is 1.00 e. The molecule has 0 saturated carbocycles. The first-order valence-corrected chi connectivity index (χ1v) is 9.90. The standard InChI is InChI=1S/C15H34NO3P.Na.H/c1-3-4-5-6-7-8-9-10-11-12-15-20(17,18-2)19-14-13-16;;/h3-16H2,1-2H3;;/q;+1;-1. The predicted molar refractivity (Wildman–Crippen MR) is 87.4 cm³/mol. The molecule has 0 rings (SSSR count). The zero-order valence-corrected chi connectivity index (χ0v) is 17.3. The third-order valence-electron chi connectivity index (χ3n) is 3.47. The van der Waals surface area contributed by atoms with E-state index in [1.165, 1.54) is 58.5 Å². The normalized spacial score (nSPS) is 13.7. The van der Waals surface area contributed by atoms with E-state index in [9.17, 15) is 4.57 Å². The molecule has 2 N–H and O–H groups in total. The fourth-order valence-electron chi connectivity index (χ4n) is 2.19. The Morgan fingerprint density at radius 3 is 1.86 bits per heavy atom. The Bertz CT molecular complexity index is 261. The van der Waals surface area contributed by atoms with Gasteiger partial charge < -0.3 is 16.2 Å². The Balaban J connectivity index is -0.00000180. The van der Waals surface area contributed by atoms with Crippen LogP contribution in [0.4, 0.5) is 0 Å². The summed E-state index contributed by atoms with van der Waals surface area (Å²) in [6, 6.07) is 0. The summed E-state index contributed by atoms with van der Waals surface area (Å²) in [5, 5.41) is 0. The molecule has 21 heavy (non-hydrogen) atoms. The molecule has 0 aromatic rings. The second-order valence-corrected chi connectivity index (χ2v) is 7.61. The summed E-state index contributed by atoms with van der Waals surface area (Å²) >= 11 is 0. The molecule has 0 saturated heterocycles. The van der Waals surface area contributed by atoms with Gasteiger partial charge in [-0.25, -0.2) is 0 Å². The molecule has 4 nitrogen and oxygen atoms in total. The largest absolute Gasteiger partial charge is 1.00 e. The maximum absolute atomic E-state index is 12.1. The molecule has 0 fully saturated rings. The van der Waals surface area contributed by atoms with Crippen molar-refractivity contribution >= 4 is 7.60 Å². The molecule has 0 aromatic carbocycles. The maximum atomic E-state index is 12.1. The van der Waals surface area contributed by atoms with Crippen LogP contribution in [0.2, 0.25) is 0 Å². The van der Waals surface area contributed by atoms with Crippen molar-refractivity contribution in [1.29, 1.82) is 0 Å². The molecule has 1 unspecified atom stereocenters. The van der Waals surface area contributed by atoms with Crippen LogP contribution in [0, 0.1) is 0 Å². The molecule has 0 aliphatic carbocycles. The molecule has 1 atom stereocenters. The third-order valence-corrected chi connectivity index (χ3v) is 5.47. The van der Waals surface area contributed by atoms with E-state index in [0.29, 0.717) is 19.3 Å². The van der Waals surface area contributed by atoms with Gasteiger partial charge in [0.25, 0.3) is 0 Å². The maximum Gasteiger partial charge on any atom is 1.00 e. The predicted octanol–water partition coefficient (Wildman–Crippen LogP) is 1.84. The molecule has 0 aromatic heterocycles. The van der Waals surface area contributed by atoms with Crippen molar-refractivity contribution in [3.63, 3.8) is 0 Å². The summed E-state index contributed by atoms with van der Waals surface area (Å²) in [6.45, 7) is 2.93. The van der Waals surface area contributed by atoms with Crippen LogP contribution in [0.5, 0.6) is 0 Å². The fraction of sp³-hybridized carbons (Fsp3) is 1.00. The summed E-state index contributed by atoms with van der Waals surface area (Å²) in [4.78, 5) is 0. The molecule has 0 heterocycles. The van der Waals surface area contributed by atoms with Crippen molar-refractivity contribution in [3.8, 4) is 0 Å². The minimum Gasteiger partial charge on any atom is -1.00 e. The Kier molecular flexibility index (Phi) is 20.3. The van der Waals surface area contributed by atoms with Crippen molar-refractivity contribution in [2.45, 2.75) is 71.1 Å². The van der Waals surface area contributed by atoms with Crippen molar-refractivity contribution in [1.82, 2.24) is 0 Å². The van der Waals surface area contributed by atoms with E-state index in [2.05, 4.69) is 6.92 Å². The number of unbranched alkanes of at least 4 members (excludes halogenated alkanes) is 9. The number of hydrogen-bond donors (Lipinski definition) is 1. The van der Waals surface area contributed by atoms with Crippen LogP contribution in [0.3, 0.4) is 0 Å². The van der Waals surface area contributed by atoms with E-state index < -0.39 is 7.60 Å². The van der Waals surface area contributed by atoms with Gasteiger partial charge in [-0.15, -0.1) is 0 Å². The molecule has 6 heteroatoms. The summed E-state index contributed by atoms with van der Waals surface area (Å²) < 4.78 is 22.3. The van der Waals surface area contributed by atoms with E-state index in [1.807, 2.05) is 0 Å². The van der Waals surface area contributed by atoms with Crippen molar-refractivity contribution in [2.75, 3.05) is 26.4 Å². The molecular formula is C15H35NNaO3P. The Morgan fingerprint density at radius 1 is 0.952 bits per heavy atom. The van der Waals surface area contributed by atoms with E-state index in [4.69, 9.17) is 14.8 Å². The molecule has 0 bridgehead atoms. The van der Waals surface area contributed by atoms with Crippen LogP contribution in [-0.2, 0) is 13.6 Å².